The smallest absolute Gasteiger partial charge is 0.324 e. The molecule has 0 bridgehead atoms. The monoisotopic (exact) mass is 266 g/mol. The zero-order valence-electron chi connectivity index (χ0n) is 10.8. The molecule has 0 aromatic carbocycles. The first-order valence-corrected chi connectivity index (χ1v) is 7.01. The molecule has 0 radical (unpaired) electrons. The van der Waals surface area contributed by atoms with Crippen LogP contribution in [0.2, 0.25) is 0 Å². The Bertz CT molecular complexity index is 417. The molecule has 0 saturated carbocycles. The van der Waals surface area contributed by atoms with Crippen molar-refractivity contribution in [3.63, 3.8) is 0 Å². The van der Waals surface area contributed by atoms with Gasteiger partial charge in [0.2, 0.25) is 0 Å². The minimum absolute atomic E-state index is 0.121. The van der Waals surface area contributed by atoms with Crippen LogP contribution in [0.5, 0.6) is 0 Å². The Kier molecular flexibility index (Phi) is 3.92. The third kappa shape index (κ3) is 3.46. The summed E-state index contributed by atoms with van der Waals surface area (Å²) in [7, 11) is 0. The van der Waals surface area contributed by atoms with Crippen molar-refractivity contribution in [3.8, 4) is 0 Å². The standard InChI is InChI=1S/C13H18N2O2S/c1-13(2,3)17-12(16)10-8-18-11(15-10)9-5-4-6-14-7-9/h4-7,10-11,15H,8H2,1-3H3/t10-,11?/m0/s1. The molecule has 1 aliphatic rings. The van der Waals surface area contributed by atoms with Gasteiger partial charge in [0.25, 0.3) is 0 Å². The second-order valence-electron chi connectivity index (χ2n) is 5.25. The molecule has 1 unspecified atom stereocenters. The highest BCUT2D eigenvalue weighted by Crippen LogP contribution is 2.32. The van der Waals surface area contributed by atoms with Crippen LogP contribution in [0.1, 0.15) is 31.7 Å². The van der Waals surface area contributed by atoms with E-state index in [1.54, 1.807) is 18.0 Å². The van der Waals surface area contributed by atoms with Crippen molar-refractivity contribution < 1.29 is 9.53 Å². The molecule has 0 spiro atoms. The number of hydrogen-bond acceptors (Lipinski definition) is 5. The number of carbonyl (C=O) groups is 1. The van der Waals surface area contributed by atoms with E-state index in [1.807, 2.05) is 39.1 Å². The number of thioether (sulfide) groups is 1. The van der Waals surface area contributed by atoms with E-state index >= 15 is 0 Å². The van der Waals surface area contributed by atoms with E-state index in [4.69, 9.17) is 4.74 Å². The van der Waals surface area contributed by atoms with E-state index in [0.717, 1.165) is 11.3 Å². The third-order valence-corrected chi connectivity index (χ3v) is 3.73. The van der Waals surface area contributed by atoms with Crippen molar-refractivity contribution in [2.24, 2.45) is 0 Å². The van der Waals surface area contributed by atoms with Crippen LogP contribution < -0.4 is 5.32 Å². The second-order valence-corrected chi connectivity index (χ2v) is 6.39. The Balaban J connectivity index is 1.95. The average Bonchev–Trinajstić information content (AvgIpc) is 2.77. The molecule has 18 heavy (non-hydrogen) atoms. The lowest BCUT2D eigenvalue weighted by molar-refractivity contribution is -0.156. The zero-order valence-corrected chi connectivity index (χ0v) is 11.7. The number of pyridine rings is 1. The normalized spacial score (nSPS) is 23.9. The van der Waals surface area contributed by atoms with Gasteiger partial charge >= 0.3 is 5.97 Å². The quantitative estimate of drug-likeness (QED) is 0.831. The minimum atomic E-state index is -0.435. The Hall–Kier alpha value is -1.07. The maximum Gasteiger partial charge on any atom is 0.324 e. The van der Waals surface area contributed by atoms with Gasteiger partial charge in [0.1, 0.15) is 11.6 Å². The number of rotatable bonds is 2. The minimum Gasteiger partial charge on any atom is -0.459 e. The molecule has 1 aromatic heterocycles. The Morgan fingerprint density at radius 2 is 2.33 bits per heavy atom. The molecule has 2 atom stereocenters. The molecular formula is C13H18N2O2S. The van der Waals surface area contributed by atoms with Gasteiger partial charge in [-0.15, -0.1) is 11.8 Å². The summed E-state index contributed by atoms with van der Waals surface area (Å²) in [6.07, 6.45) is 3.57. The molecule has 1 fully saturated rings. The van der Waals surface area contributed by atoms with E-state index < -0.39 is 5.60 Å². The predicted octanol–water partition coefficient (Wildman–Crippen LogP) is 2.13. The third-order valence-electron chi connectivity index (χ3n) is 2.46. The van der Waals surface area contributed by atoms with E-state index in [2.05, 4.69) is 10.3 Å². The number of hydrogen-bond donors (Lipinski definition) is 1. The second kappa shape index (κ2) is 5.28. The number of nitrogens with one attached hydrogen (secondary N) is 1. The SMILES string of the molecule is CC(C)(C)OC(=O)[C@@H]1CSC(c2cccnc2)N1. The van der Waals surface area contributed by atoms with Gasteiger partial charge in [-0.1, -0.05) is 6.07 Å². The van der Waals surface area contributed by atoms with Crippen molar-refractivity contribution in [1.82, 2.24) is 10.3 Å². The molecule has 0 aliphatic carbocycles. The van der Waals surface area contributed by atoms with Gasteiger partial charge in [0.15, 0.2) is 0 Å². The van der Waals surface area contributed by atoms with Crippen molar-refractivity contribution in [2.75, 3.05) is 5.75 Å². The molecule has 1 aliphatic heterocycles. The summed E-state index contributed by atoms with van der Waals surface area (Å²) in [5, 5.41) is 3.40. The van der Waals surface area contributed by atoms with Crippen LogP contribution in [0.25, 0.3) is 0 Å². The fraction of sp³-hybridized carbons (Fsp3) is 0.538. The number of nitrogens with zero attached hydrogens (tertiary/aromatic N) is 1. The lowest BCUT2D eigenvalue weighted by atomic mass is 10.2. The first-order valence-electron chi connectivity index (χ1n) is 5.96. The zero-order chi connectivity index (χ0) is 13.2. The Labute approximate surface area is 112 Å². The van der Waals surface area contributed by atoms with Crippen LogP contribution in [0.4, 0.5) is 0 Å². The Morgan fingerprint density at radius 3 is 2.94 bits per heavy atom. The van der Waals surface area contributed by atoms with E-state index in [-0.39, 0.29) is 17.4 Å². The largest absolute Gasteiger partial charge is 0.459 e. The van der Waals surface area contributed by atoms with Crippen molar-refractivity contribution in [2.45, 2.75) is 37.8 Å². The van der Waals surface area contributed by atoms with Crippen LogP contribution in [0, 0.1) is 0 Å². The molecule has 5 heteroatoms. The summed E-state index contributed by atoms with van der Waals surface area (Å²) in [6, 6.07) is 3.67. The van der Waals surface area contributed by atoms with Crippen molar-refractivity contribution in [3.05, 3.63) is 30.1 Å². The first kappa shape index (κ1) is 13.4. The molecule has 2 rings (SSSR count). The van der Waals surface area contributed by atoms with Crippen LogP contribution in [-0.4, -0.2) is 28.3 Å². The van der Waals surface area contributed by atoms with E-state index in [9.17, 15) is 4.79 Å². The van der Waals surface area contributed by atoms with Gasteiger partial charge in [-0.3, -0.25) is 15.1 Å². The topological polar surface area (TPSA) is 51.2 Å². The van der Waals surface area contributed by atoms with Crippen LogP contribution in [0.15, 0.2) is 24.5 Å². The maximum atomic E-state index is 11.9. The molecule has 98 valence electrons. The molecule has 2 heterocycles. The predicted molar refractivity (Wildman–Crippen MR) is 72.2 cm³/mol. The summed E-state index contributed by atoms with van der Waals surface area (Å²) >= 11 is 1.71. The lowest BCUT2D eigenvalue weighted by Crippen LogP contribution is -2.39. The van der Waals surface area contributed by atoms with E-state index in [1.165, 1.54) is 0 Å². The number of ether oxygens (including phenoxy) is 1. The number of esters is 1. The Morgan fingerprint density at radius 1 is 1.56 bits per heavy atom. The van der Waals surface area contributed by atoms with Crippen LogP contribution in [0.3, 0.4) is 0 Å². The lowest BCUT2D eigenvalue weighted by Gasteiger charge is -2.22. The highest BCUT2D eigenvalue weighted by atomic mass is 32.2. The van der Waals surface area contributed by atoms with Crippen molar-refractivity contribution in [1.29, 1.82) is 0 Å². The molecular weight excluding hydrogens is 248 g/mol. The maximum absolute atomic E-state index is 11.9. The molecule has 1 aromatic rings. The van der Waals surface area contributed by atoms with E-state index in [0.29, 0.717) is 0 Å². The summed E-state index contributed by atoms with van der Waals surface area (Å²) in [5.41, 5.74) is 0.657. The molecule has 0 amide bonds. The molecule has 4 nitrogen and oxygen atoms in total. The summed E-state index contributed by atoms with van der Waals surface area (Å²) in [6.45, 7) is 5.64. The molecule has 1 N–H and O–H groups in total. The van der Waals surface area contributed by atoms with Crippen LogP contribution in [-0.2, 0) is 9.53 Å². The van der Waals surface area contributed by atoms with Gasteiger partial charge in [0.05, 0.1) is 5.37 Å². The highest BCUT2D eigenvalue weighted by Gasteiger charge is 2.33. The van der Waals surface area contributed by atoms with Gasteiger partial charge in [-0.25, -0.2) is 0 Å². The fourth-order valence-electron chi connectivity index (χ4n) is 1.70. The summed E-state index contributed by atoms with van der Waals surface area (Å²) in [4.78, 5) is 16.0. The van der Waals surface area contributed by atoms with Gasteiger partial charge in [0, 0.05) is 18.1 Å². The van der Waals surface area contributed by atoms with Crippen molar-refractivity contribution >= 4 is 17.7 Å². The molecule has 1 saturated heterocycles. The number of carbonyl (C=O) groups excluding carboxylic acids is 1. The average molecular weight is 266 g/mol. The highest BCUT2D eigenvalue weighted by molar-refractivity contribution is 7.99. The summed E-state index contributed by atoms with van der Waals surface area (Å²) in [5.74, 6) is 0.551. The fourth-order valence-corrected chi connectivity index (χ4v) is 2.91. The summed E-state index contributed by atoms with van der Waals surface area (Å²) < 4.78 is 5.38. The van der Waals surface area contributed by atoms with Gasteiger partial charge in [-0.2, -0.15) is 0 Å². The van der Waals surface area contributed by atoms with Crippen LogP contribution >= 0.6 is 11.8 Å². The van der Waals surface area contributed by atoms with Gasteiger partial charge in [-0.05, 0) is 32.4 Å². The number of aromatic nitrogens is 1. The first-order chi connectivity index (χ1) is 8.46. The van der Waals surface area contributed by atoms with Gasteiger partial charge < -0.3 is 4.74 Å².